The van der Waals surface area contributed by atoms with Crippen LogP contribution in [0.25, 0.3) is 22.8 Å². The highest BCUT2D eigenvalue weighted by molar-refractivity contribution is 5.94. The number of pyridine rings is 1. The third kappa shape index (κ3) is 2.85. The molecule has 0 fully saturated rings. The first-order valence-corrected chi connectivity index (χ1v) is 6.91. The molecule has 22 heavy (non-hydrogen) atoms. The lowest BCUT2D eigenvalue weighted by Gasteiger charge is -2.06. The lowest BCUT2D eigenvalue weighted by atomic mass is 10.1. The van der Waals surface area contributed by atoms with E-state index >= 15 is 0 Å². The van der Waals surface area contributed by atoms with Crippen LogP contribution in [0.2, 0.25) is 0 Å². The summed E-state index contributed by atoms with van der Waals surface area (Å²) < 4.78 is 5.33. The molecule has 0 atom stereocenters. The van der Waals surface area contributed by atoms with Gasteiger partial charge in [0.05, 0.1) is 11.3 Å². The molecule has 6 nitrogen and oxygen atoms in total. The molecule has 0 bridgehead atoms. The normalized spacial score (nSPS) is 10.4. The van der Waals surface area contributed by atoms with Gasteiger partial charge in [-0.3, -0.25) is 9.78 Å². The minimum Gasteiger partial charge on any atom is -0.334 e. The maximum Gasteiger partial charge on any atom is 0.260 e. The Hall–Kier alpha value is -3.02. The largest absolute Gasteiger partial charge is 0.334 e. The van der Waals surface area contributed by atoms with Crippen molar-refractivity contribution in [2.24, 2.45) is 0 Å². The van der Waals surface area contributed by atoms with Crippen molar-refractivity contribution >= 4 is 11.6 Å². The molecule has 6 heteroatoms. The van der Waals surface area contributed by atoms with Crippen LogP contribution >= 0.6 is 0 Å². The number of benzene rings is 1. The summed E-state index contributed by atoms with van der Waals surface area (Å²) in [5, 5.41) is 6.81. The number of carbonyl (C=O) groups is 1. The highest BCUT2D eigenvalue weighted by atomic mass is 16.5. The molecule has 2 aromatic heterocycles. The number of hydrogen-bond donors (Lipinski definition) is 1. The first-order valence-electron chi connectivity index (χ1n) is 6.91. The van der Waals surface area contributed by atoms with E-state index in [2.05, 4.69) is 20.4 Å². The topological polar surface area (TPSA) is 80.9 Å². The van der Waals surface area contributed by atoms with E-state index in [1.807, 2.05) is 18.2 Å². The molecule has 110 valence electrons. The van der Waals surface area contributed by atoms with Gasteiger partial charge >= 0.3 is 0 Å². The molecule has 1 amide bonds. The second kappa shape index (κ2) is 6.17. The van der Waals surface area contributed by atoms with Gasteiger partial charge in [0.2, 0.25) is 11.7 Å². The Morgan fingerprint density at radius 3 is 2.73 bits per heavy atom. The van der Waals surface area contributed by atoms with E-state index in [1.165, 1.54) is 0 Å². The van der Waals surface area contributed by atoms with Crippen LogP contribution in [-0.2, 0) is 4.79 Å². The Morgan fingerprint density at radius 2 is 1.95 bits per heavy atom. The summed E-state index contributed by atoms with van der Waals surface area (Å²) in [6, 6.07) is 10.9. The summed E-state index contributed by atoms with van der Waals surface area (Å²) in [4.78, 5) is 20.0. The monoisotopic (exact) mass is 294 g/mol. The Kier molecular flexibility index (Phi) is 3.91. The summed E-state index contributed by atoms with van der Waals surface area (Å²) >= 11 is 0. The van der Waals surface area contributed by atoms with Crippen LogP contribution in [0.3, 0.4) is 0 Å². The fourth-order valence-electron chi connectivity index (χ4n) is 1.97. The molecular formula is C16H14N4O2. The van der Waals surface area contributed by atoms with Crippen molar-refractivity contribution in [3.63, 3.8) is 0 Å². The summed E-state index contributed by atoms with van der Waals surface area (Å²) in [6.07, 6.45) is 3.74. The molecule has 3 rings (SSSR count). The molecular weight excluding hydrogens is 280 g/mol. The smallest absolute Gasteiger partial charge is 0.260 e. The quantitative estimate of drug-likeness (QED) is 0.799. The summed E-state index contributed by atoms with van der Waals surface area (Å²) in [6.45, 7) is 1.80. The number of para-hydroxylation sites is 1. The van der Waals surface area contributed by atoms with Crippen LogP contribution in [0.5, 0.6) is 0 Å². The second-order valence-corrected chi connectivity index (χ2v) is 4.61. The predicted molar refractivity (Wildman–Crippen MR) is 81.9 cm³/mol. The van der Waals surface area contributed by atoms with Crippen LogP contribution in [0.4, 0.5) is 5.69 Å². The molecule has 0 saturated heterocycles. The average Bonchev–Trinajstić information content (AvgIpc) is 3.06. The van der Waals surface area contributed by atoms with E-state index in [0.717, 1.165) is 5.56 Å². The van der Waals surface area contributed by atoms with Crippen molar-refractivity contribution < 1.29 is 9.32 Å². The Labute approximate surface area is 127 Å². The molecule has 0 unspecified atom stereocenters. The van der Waals surface area contributed by atoms with Crippen LogP contribution in [0.15, 0.2) is 53.3 Å². The molecule has 0 spiro atoms. The van der Waals surface area contributed by atoms with Gasteiger partial charge in [-0.25, -0.2) is 0 Å². The maximum absolute atomic E-state index is 11.6. The van der Waals surface area contributed by atoms with Crippen molar-refractivity contribution in [3.8, 4) is 22.8 Å². The lowest BCUT2D eigenvalue weighted by molar-refractivity contribution is -0.115. The number of anilines is 1. The minimum absolute atomic E-state index is 0.0682. The molecule has 0 aliphatic heterocycles. The van der Waals surface area contributed by atoms with Gasteiger partial charge in [0, 0.05) is 24.4 Å². The van der Waals surface area contributed by atoms with E-state index in [-0.39, 0.29) is 5.91 Å². The van der Waals surface area contributed by atoms with Gasteiger partial charge in [-0.2, -0.15) is 4.98 Å². The highest BCUT2D eigenvalue weighted by Gasteiger charge is 2.14. The molecule has 0 aliphatic rings. The minimum atomic E-state index is -0.0682. The SMILES string of the molecule is CCC(=O)Nc1ccccc1-c1nc(-c2ccncc2)no1. The van der Waals surface area contributed by atoms with E-state index < -0.39 is 0 Å². The third-order valence-electron chi connectivity index (χ3n) is 3.12. The van der Waals surface area contributed by atoms with Gasteiger partial charge in [-0.1, -0.05) is 24.2 Å². The lowest BCUT2D eigenvalue weighted by Crippen LogP contribution is -2.10. The maximum atomic E-state index is 11.6. The van der Waals surface area contributed by atoms with Crippen LogP contribution in [0, 0.1) is 0 Å². The van der Waals surface area contributed by atoms with Gasteiger partial charge < -0.3 is 9.84 Å². The fourth-order valence-corrected chi connectivity index (χ4v) is 1.97. The standard InChI is InChI=1S/C16H14N4O2/c1-2-14(21)18-13-6-4-3-5-12(13)16-19-15(20-22-16)11-7-9-17-10-8-11/h3-10H,2H2,1H3,(H,18,21). The average molecular weight is 294 g/mol. The number of aromatic nitrogens is 3. The van der Waals surface area contributed by atoms with Gasteiger partial charge in [0.15, 0.2) is 0 Å². The first kappa shape index (κ1) is 13.9. The number of nitrogens with zero attached hydrogens (tertiary/aromatic N) is 3. The van der Waals surface area contributed by atoms with Crippen molar-refractivity contribution in [1.82, 2.24) is 15.1 Å². The molecule has 1 N–H and O–H groups in total. The molecule has 1 aromatic carbocycles. The van der Waals surface area contributed by atoms with Gasteiger partial charge in [-0.15, -0.1) is 0 Å². The molecule has 2 heterocycles. The number of rotatable bonds is 4. The molecule has 0 saturated carbocycles. The zero-order valence-electron chi connectivity index (χ0n) is 12.0. The highest BCUT2D eigenvalue weighted by Crippen LogP contribution is 2.28. The third-order valence-corrected chi connectivity index (χ3v) is 3.12. The number of nitrogens with one attached hydrogen (secondary N) is 1. The van der Waals surface area contributed by atoms with Crippen LogP contribution in [0.1, 0.15) is 13.3 Å². The molecule has 0 aliphatic carbocycles. The Morgan fingerprint density at radius 1 is 1.18 bits per heavy atom. The van der Waals surface area contributed by atoms with Crippen molar-refractivity contribution in [2.45, 2.75) is 13.3 Å². The number of carbonyl (C=O) groups excluding carboxylic acids is 1. The molecule has 0 radical (unpaired) electrons. The van der Waals surface area contributed by atoms with Gasteiger partial charge in [0.25, 0.3) is 5.89 Å². The fraction of sp³-hybridized carbons (Fsp3) is 0.125. The Balaban J connectivity index is 1.95. The zero-order valence-corrected chi connectivity index (χ0v) is 12.0. The van der Waals surface area contributed by atoms with E-state index in [0.29, 0.717) is 29.4 Å². The van der Waals surface area contributed by atoms with Crippen LogP contribution in [-0.4, -0.2) is 21.0 Å². The number of hydrogen-bond acceptors (Lipinski definition) is 5. The summed E-state index contributed by atoms with van der Waals surface area (Å²) in [5.41, 5.74) is 2.16. The summed E-state index contributed by atoms with van der Waals surface area (Å²) in [5.74, 6) is 0.772. The summed E-state index contributed by atoms with van der Waals surface area (Å²) in [7, 11) is 0. The predicted octanol–water partition coefficient (Wildman–Crippen LogP) is 3.15. The van der Waals surface area contributed by atoms with Crippen molar-refractivity contribution in [2.75, 3.05) is 5.32 Å². The van der Waals surface area contributed by atoms with Crippen molar-refractivity contribution in [1.29, 1.82) is 0 Å². The van der Waals surface area contributed by atoms with E-state index in [1.54, 1.807) is 37.5 Å². The van der Waals surface area contributed by atoms with Crippen molar-refractivity contribution in [3.05, 3.63) is 48.8 Å². The van der Waals surface area contributed by atoms with Gasteiger partial charge in [-0.05, 0) is 24.3 Å². The zero-order chi connectivity index (χ0) is 15.4. The van der Waals surface area contributed by atoms with Crippen LogP contribution < -0.4 is 5.32 Å². The van der Waals surface area contributed by atoms with E-state index in [9.17, 15) is 4.79 Å². The number of amides is 1. The molecule has 3 aromatic rings. The van der Waals surface area contributed by atoms with Gasteiger partial charge in [0.1, 0.15) is 0 Å². The second-order valence-electron chi connectivity index (χ2n) is 4.61. The Bertz CT molecular complexity index is 784. The van der Waals surface area contributed by atoms with E-state index in [4.69, 9.17) is 4.52 Å². The first-order chi connectivity index (χ1) is 10.8.